The molecule has 1 aromatic carbocycles. The Morgan fingerprint density at radius 2 is 2.00 bits per heavy atom. The maximum Gasteiger partial charge on any atom is 0.376 e. The minimum absolute atomic E-state index is 0.164. The average Bonchev–Trinajstić information content (AvgIpc) is 2.27. The summed E-state index contributed by atoms with van der Waals surface area (Å²) >= 11 is 0. The molecule has 0 heterocycles. The van der Waals surface area contributed by atoms with E-state index in [-0.39, 0.29) is 6.10 Å². The van der Waals surface area contributed by atoms with Crippen molar-refractivity contribution < 1.29 is 19.3 Å². The van der Waals surface area contributed by atoms with Crippen molar-refractivity contribution in [3.63, 3.8) is 0 Å². The van der Waals surface area contributed by atoms with Crippen molar-refractivity contribution in [3.05, 3.63) is 29.8 Å². The minimum atomic E-state index is -0.544. The molecule has 4 nitrogen and oxygen atoms in total. The van der Waals surface area contributed by atoms with Gasteiger partial charge in [0.1, 0.15) is 11.3 Å². The molecule has 1 rings (SSSR count). The zero-order chi connectivity index (χ0) is 12.0. The Labute approximate surface area is 95.1 Å². The van der Waals surface area contributed by atoms with Gasteiger partial charge in [0.15, 0.2) is 0 Å². The lowest BCUT2D eigenvalue weighted by molar-refractivity contribution is -0.265. The van der Waals surface area contributed by atoms with Crippen molar-refractivity contribution in [2.45, 2.75) is 26.9 Å². The van der Waals surface area contributed by atoms with Crippen LogP contribution in [0.5, 0.6) is 5.75 Å². The Balaban J connectivity index is 2.73. The molecule has 1 aromatic rings. The molecule has 4 heteroatoms. The van der Waals surface area contributed by atoms with Crippen LogP contribution >= 0.6 is 0 Å². The van der Waals surface area contributed by atoms with E-state index in [2.05, 4.69) is 4.89 Å². The van der Waals surface area contributed by atoms with Gasteiger partial charge in [0.25, 0.3) is 0 Å². The Kier molecular flexibility index (Phi) is 4.79. The van der Waals surface area contributed by atoms with Crippen LogP contribution in [0.25, 0.3) is 0 Å². The third-order valence-corrected chi connectivity index (χ3v) is 1.72. The predicted molar refractivity (Wildman–Crippen MR) is 59.2 cm³/mol. The monoisotopic (exact) mass is 224 g/mol. The summed E-state index contributed by atoms with van der Waals surface area (Å²) in [6.07, 6.45) is -0.164. The van der Waals surface area contributed by atoms with E-state index in [0.717, 1.165) is 0 Å². The van der Waals surface area contributed by atoms with Crippen LogP contribution in [0, 0.1) is 0 Å². The molecule has 0 radical (unpaired) electrons. The SMILES string of the molecule is CCOc1ccccc1C(=O)OOC(C)C. The molecule has 0 spiro atoms. The number of hydrogen-bond donors (Lipinski definition) is 0. The fourth-order valence-electron chi connectivity index (χ4n) is 1.10. The summed E-state index contributed by atoms with van der Waals surface area (Å²) in [4.78, 5) is 21.1. The van der Waals surface area contributed by atoms with Gasteiger partial charge in [-0.1, -0.05) is 12.1 Å². The van der Waals surface area contributed by atoms with Crippen LogP contribution < -0.4 is 4.74 Å². The largest absolute Gasteiger partial charge is 0.493 e. The minimum Gasteiger partial charge on any atom is -0.493 e. The second kappa shape index (κ2) is 6.12. The topological polar surface area (TPSA) is 44.8 Å². The molecule has 0 saturated carbocycles. The van der Waals surface area contributed by atoms with Crippen molar-refractivity contribution in [3.8, 4) is 5.75 Å². The highest BCUT2D eigenvalue weighted by molar-refractivity contribution is 5.92. The second-order valence-corrected chi connectivity index (χ2v) is 3.44. The number of rotatable bonds is 5. The van der Waals surface area contributed by atoms with E-state index < -0.39 is 5.97 Å². The van der Waals surface area contributed by atoms with Gasteiger partial charge < -0.3 is 4.74 Å². The van der Waals surface area contributed by atoms with Crippen molar-refractivity contribution in [1.29, 1.82) is 0 Å². The predicted octanol–water partition coefficient (Wildman–Crippen LogP) is 2.58. The van der Waals surface area contributed by atoms with Crippen molar-refractivity contribution >= 4 is 5.97 Å². The number of benzene rings is 1. The van der Waals surface area contributed by atoms with E-state index in [1.807, 2.05) is 6.92 Å². The van der Waals surface area contributed by atoms with Gasteiger partial charge in [-0.25, -0.2) is 4.79 Å². The van der Waals surface area contributed by atoms with Gasteiger partial charge in [-0.05, 0) is 32.9 Å². The van der Waals surface area contributed by atoms with Gasteiger partial charge in [-0.3, -0.25) is 4.89 Å². The van der Waals surface area contributed by atoms with Crippen LogP contribution in [0.3, 0.4) is 0 Å². The molecule has 0 aromatic heterocycles. The summed E-state index contributed by atoms with van der Waals surface area (Å²) < 4.78 is 5.31. The van der Waals surface area contributed by atoms with Crippen LogP contribution in [0.1, 0.15) is 31.1 Å². The van der Waals surface area contributed by atoms with Crippen LogP contribution in [-0.2, 0) is 9.78 Å². The number of ether oxygens (including phenoxy) is 1. The Bertz CT molecular complexity index is 347. The molecular weight excluding hydrogens is 208 g/mol. The lowest BCUT2D eigenvalue weighted by Crippen LogP contribution is -2.12. The lowest BCUT2D eigenvalue weighted by Gasteiger charge is -2.09. The average molecular weight is 224 g/mol. The molecule has 0 unspecified atom stereocenters. The summed E-state index contributed by atoms with van der Waals surface area (Å²) in [5.41, 5.74) is 0.366. The molecule has 0 amide bonds. The van der Waals surface area contributed by atoms with Gasteiger partial charge >= 0.3 is 5.97 Å². The summed E-state index contributed by atoms with van der Waals surface area (Å²) in [7, 11) is 0. The molecule has 0 aliphatic carbocycles. The summed E-state index contributed by atoms with van der Waals surface area (Å²) in [5.74, 6) is -0.0416. The zero-order valence-electron chi connectivity index (χ0n) is 9.73. The summed E-state index contributed by atoms with van der Waals surface area (Å²) in [6, 6.07) is 6.89. The first-order valence-electron chi connectivity index (χ1n) is 5.24. The number of carbonyl (C=O) groups is 1. The Morgan fingerprint density at radius 1 is 1.31 bits per heavy atom. The number of hydrogen-bond acceptors (Lipinski definition) is 4. The molecule has 0 saturated heterocycles. The quantitative estimate of drug-likeness (QED) is 0.569. The molecular formula is C12H16O4. The van der Waals surface area contributed by atoms with Crippen LogP contribution in [0.15, 0.2) is 24.3 Å². The fourth-order valence-corrected chi connectivity index (χ4v) is 1.10. The zero-order valence-corrected chi connectivity index (χ0v) is 9.73. The second-order valence-electron chi connectivity index (χ2n) is 3.44. The first-order chi connectivity index (χ1) is 7.65. The molecule has 16 heavy (non-hydrogen) atoms. The highest BCUT2D eigenvalue weighted by atomic mass is 17.2. The van der Waals surface area contributed by atoms with E-state index in [9.17, 15) is 4.79 Å². The molecule has 88 valence electrons. The fraction of sp³-hybridized carbons (Fsp3) is 0.417. The Hall–Kier alpha value is -1.55. The van der Waals surface area contributed by atoms with Gasteiger partial charge in [-0.15, -0.1) is 0 Å². The molecule has 0 aliphatic rings. The van der Waals surface area contributed by atoms with Crippen molar-refractivity contribution in [2.24, 2.45) is 0 Å². The maximum atomic E-state index is 11.6. The van der Waals surface area contributed by atoms with Gasteiger partial charge in [0, 0.05) is 0 Å². The van der Waals surface area contributed by atoms with Gasteiger partial charge in [0.2, 0.25) is 0 Å². The van der Waals surface area contributed by atoms with Crippen molar-refractivity contribution in [1.82, 2.24) is 0 Å². The van der Waals surface area contributed by atoms with Crippen molar-refractivity contribution in [2.75, 3.05) is 6.61 Å². The highest BCUT2D eigenvalue weighted by Crippen LogP contribution is 2.19. The highest BCUT2D eigenvalue weighted by Gasteiger charge is 2.14. The molecule has 0 atom stereocenters. The first-order valence-corrected chi connectivity index (χ1v) is 5.24. The summed E-state index contributed by atoms with van der Waals surface area (Å²) in [5, 5.41) is 0. The normalized spacial score (nSPS) is 10.2. The smallest absolute Gasteiger partial charge is 0.376 e. The Morgan fingerprint density at radius 3 is 2.62 bits per heavy atom. The third kappa shape index (κ3) is 3.55. The van der Waals surface area contributed by atoms with Crippen LogP contribution in [-0.4, -0.2) is 18.7 Å². The molecule has 0 N–H and O–H groups in total. The van der Waals surface area contributed by atoms with E-state index in [1.54, 1.807) is 38.1 Å². The van der Waals surface area contributed by atoms with E-state index in [1.165, 1.54) is 0 Å². The molecule has 0 aliphatic heterocycles. The van der Waals surface area contributed by atoms with Gasteiger partial charge in [0.05, 0.1) is 12.7 Å². The lowest BCUT2D eigenvalue weighted by atomic mass is 10.2. The number of para-hydroxylation sites is 1. The van der Waals surface area contributed by atoms with E-state index in [0.29, 0.717) is 17.9 Å². The summed E-state index contributed by atoms with van der Waals surface area (Å²) in [6.45, 7) is 5.91. The number of carbonyl (C=O) groups excluding carboxylic acids is 1. The molecule has 0 fully saturated rings. The van der Waals surface area contributed by atoms with Crippen LogP contribution in [0.2, 0.25) is 0 Å². The van der Waals surface area contributed by atoms with Gasteiger partial charge in [-0.2, -0.15) is 4.89 Å². The first kappa shape index (κ1) is 12.5. The molecule has 0 bridgehead atoms. The standard InChI is InChI=1S/C12H16O4/c1-4-14-11-8-6-5-7-10(11)12(13)16-15-9(2)3/h5-9H,4H2,1-3H3. The van der Waals surface area contributed by atoms with Crippen LogP contribution in [0.4, 0.5) is 0 Å². The maximum absolute atomic E-state index is 11.6. The van der Waals surface area contributed by atoms with E-state index in [4.69, 9.17) is 9.62 Å². The van der Waals surface area contributed by atoms with E-state index >= 15 is 0 Å². The third-order valence-electron chi connectivity index (χ3n) is 1.72.